The van der Waals surface area contributed by atoms with Crippen molar-refractivity contribution < 1.29 is 14.3 Å². The number of rotatable bonds is 6. The minimum absolute atomic E-state index is 0.170. The van der Waals surface area contributed by atoms with Gasteiger partial charge in [-0.05, 0) is 42.1 Å². The van der Waals surface area contributed by atoms with Gasteiger partial charge in [0.15, 0.2) is 6.29 Å². The van der Waals surface area contributed by atoms with Gasteiger partial charge in [-0.2, -0.15) is 0 Å². The van der Waals surface area contributed by atoms with Crippen LogP contribution >= 0.6 is 35.0 Å². The number of carbonyl (C=O) groups excluding carboxylic acids is 1. The molecule has 0 aliphatic rings. The first kappa shape index (κ1) is 18.2. The summed E-state index contributed by atoms with van der Waals surface area (Å²) in [5.41, 5.74) is 1.09. The van der Waals surface area contributed by atoms with Crippen LogP contribution in [0.2, 0.25) is 10.0 Å². The van der Waals surface area contributed by atoms with Crippen LogP contribution in [0.4, 0.5) is 0 Å². The Bertz CT molecular complexity index is 693. The standard InChI is InChI=1S/C16H15Cl2NO3S/c1-21-15(22-2)8-10-4-3-5-14(19-10)16(20)23-11-6-7-12(17)13(18)9-11/h3-7,9,15H,8H2,1-2H3. The highest BCUT2D eigenvalue weighted by atomic mass is 35.5. The molecule has 0 unspecified atom stereocenters. The number of halogens is 2. The maximum atomic E-state index is 12.3. The van der Waals surface area contributed by atoms with Crippen LogP contribution in [0.15, 0.2) is 41.3 Å². The molecular formula is C16H15Cl2NO3S. The number of aromatic nitrogens is 1. The fraction of sp³-hybridized carbons (Fsp3) is 0.250. The summed E-state index contributed by atoms with van der Waals surface area (Å²) in [4.78, 5) is 17.4. The van der Waals surface area contributed by atoms with Crippen molar-refractivity contribution in [2.24, 2.45) is 0 Å². The summed E-state index contributed by atoms with van der Waals surface area (Å²) in [6, 6.07) is 10.3. The van der Waals surface area contributed by atoms with Gasteiger partial charge in [-0.15, -0.1) is 0 Å². The van der Waals surface area contributed by atoms with Crippen molar-refractivity contribution in [1.82, 2.24) is 4.98 Å². The van der Waals surface area contributed by atoms with Gasteiger partial charge in [0, 0.05) is 31.2 Å². The van der Waals surface area contributed by atoms with Gasteiger partial charge in [-0.25, -0.2) is 4.98 Å². The molecule has 0 aliphatic carbocycles. The van der Waals surface area contributed by atoms with E-state index >= 15 is 0 Å². The topological polar surface area (TPSA) is 48.4 Å². The monoisotopic (exact) mass is 371 g/mol. The highest BCUT2D eigenvalue weighted by molar-refractivity contribution is 8.14. The summed E-state index contributed by atoms with van der Waals surface area (Å²) in [7, 11) is 3.12. The molecule has 0 atom stereocenters. The molecule has 0 bridgehead atoms. The minimum Gasteiger partial charge on any atom is -0.356 e. The number of nitrogens with zero attached hydrogens (tertiary/aromatic N) is 1. The highest BCUT2D eigenvalue weighted by Crippen LogP contribution is 2.29. The van der Waals surface area contributed by atoms with Gasteiger partial charge in [-0.3, -0.25) is 4.79 Å². The first-order chi connectivity index (χ1) is 11.0. The summed E-state index contributed by atoms with van der Waals surface area (Å²) in [6.45, 7) is 0. The average Bonchev–Trinajstić information content (AvgIpc) is 2.56. The van der Waals surface area contributed by atoms with Crippen molar-refractivity contribution >= 4 is 40.1 Å². The van der Waals surface area contributed by atoms with E-state index in [9.17, 15) is 4.79 Å². The first-order valence-electron chi connectivity index (χ1n) is 6.72. The van der Waals surface area contributed by atoms with Crippen LogP contribution in [-0.4, -0.2) is 30.6 Å². The SMILES string of the molecule is COC(Cc1cccc(C(=O)Sc2ccc(Cl)c(Cl)c2)n1)OC. The molecule has 0 fully saturated rings. The highest BCUT2D eigenvalue weighted by Gasteiger charge is 2.13. The number of ether oxygens (including phenoxy) is 2. The molecule has 1 aromatic heterocycles. The summed E-state index contributed by atoms with van der Waals surface area (Å²) >= 11 is 12.9. The van der Waals surface area contributed by atoms with Crippen LogP contribution < -0.4 is 0 Å². The lowest BCUT2D eigenvalue weighted by Crippen LogP contribution is -2.17. The number of pyridine rings is 1. The van der Waals surface area contributed by atoms with Crippen molar-refractivity contribution in [3.05, 3.63) is 57.8 Å². The lowest BCUT2D eigenvalue weighted by atomic mass is 10.2. The molecule has 0 saturated carbocycles. The number of benzene rings is 1. The third kappa shape index (κ3) is 5.19. The molecule has 0 aliphatic heterocycles. The third-order valence-electron chi connectivity index (χ3n) is 3.02. The van der Waals surface area contributed by atoms with E-state index < -0.39 is 6.29 Å². The zero-order valence-electron chi connectivity index (χ0n) is 12.6. The van der Waals surface area contributed by atoms with Crippen LogP contribution in [-0.2, 0) is 15.9 Å². The van der Waals surface area contributed by atoms with Crippen molar-refractivity contribution in [3.63, 3.8) is 0 Å². The maximum Gasteiger partial charge on any atom is 0.242 e. The van der Waals surface area contributed by atoms with E-state index in [0.717, 1.165) is 17.5 Å². The lowest BCUT2D eigenvalue weighted by Gasteiger charge is -2.12. The molecule has 2 rings (SSSR count). The first-order valence-corrected chi connectivity index (χ1v) is 8.29. The van der Waals surface area contributed by atoms with E-state index in [4.69, 9.17) is 32.7 Å². The van der Waals surface area contributed by atoms with E-state index in [1.807, 2.05) is 6.07 Å². The number of thioether (sulfide) groups is 1. The largest absolute Gasteiger partial charge is 0.356 e. The zero-order chi connectivity index (χ0) is 16.8. The molecule has 1 heterocycles. The van der Waals surface area contributed by atoms with Crippen LogP contribution in [0.1, 0.15) is 16.2 Å². The molecule has 0 N–H and O–H groups in total. The van der Waals surface area contributed by atoms with E-state index in [1.165, 1.54) is 0 Å². The van der Waals surface area contributed by atoms with Gasteiger partial charge in [0.25, 0.3) is 0 Å². The normalized spacial score (nSPS) is 11.0. The molecule has 1 aromatic carbocycles. The van der Waals surface area contributed by atoms with E-state index in [0.29, 0.717) is 27.1 Å². The number of hydrogen-bond acceptors (Lipinski definition) is 5. The van der Waals surface area contributed by atoms with E-state index in [-0.39, 0.29) is 5.12 Å². The number of methoxy groups -OCH3 is 2. The molecule has 122 valence electrons. The van der Waals surface area contributed by atoms with E-state index in [2.05, 4.69) is 4.98 Å². The summed E-state index contributed by atoms with van der Waals surface area (Å²) < 4.78 is 10.3. The van der Waals surface area contributed by atoms with Crippen molar-refractivity contribution in [2.75, 3.05) is 14.2 Å². The van der Waals surface area contributed by atoms with Crippen molar-refractivity contribution in [1.29, 1.82) is 0 Å². The molecular weight excluding hydrogens is 357 g/mol. The van der Waals surface area contributed by atoms with Gasteiger partial charge in [0.05, 0.1) is 10.0 Å². The Kier molecular flexibility index (Phi) is 6.87. The Hall–Kier alpha value is -1.11. The van der Waals surface area contributed by atoms with Crippen LogP contribution in [0, 0.1) is 0 Å². The fourth-order valence-electron chi connectivity index (χ4n) is 1.84. The second kappa shape index (κ2) is 8.66. The second-order valence-electron chi connectivity index (χ2n) is 4.58. The second-order valence-corrected chi connectivity index (χ2v) is 6.45. The Labute approximate surface area is 149 Å². The van der Waals surface area contributed by atoms with Gasteiger partial charge >= 0.3 is 0 Å². The molecule has 0 spiro atoms. The van der Waals surface area contributed by atoms with Gasteiger partial charge in [-0.1, -0.05) is 29.3 Å². The van der Waals surface area contributed by atoms with Gasteiger partial charge in [0.2, 0.25) is 5.12 Å². The predicted octanol–water partition coefficient (Wildman–Crippen LogP) is 4.48. The van der Waals surface area contributed by atoms with Gasteiger partial charge < -0.3 is 9.47 Å². The molecule has 0 radical (unpaired) electrons. The summed E-state index contributed by atoms with van der Waals surface area (Å²) in [5, 5.41) is 0.694. The molecule has 23 heavy (non-hydrogen) atoms. The molecule has 4 nitrogen and oxygen atoms in total. The Morgan fingerprint density at radius 2 is 1.91 bits per heavy atom. The minimum atomic E-state index is -0.393. The van der Waals surface area contributed by atoms with Crippen molar-refractivity contribution in [3.8, 4) is 0 Å². The third-order valence-corrected chi connectivity index (χ3v) is 4.64. The Balaban J connectivity index is 2.11. The molecule has 0 amide bonds. The fourth-order valence-corrected chi connectivity index (χ4v) is 2.95. The lowest BCUT2D eigenvalue weighted by molar-refractivity contribution is -0.101. The Morgan fingerprint density at radius 1 is 1.17 bits per heavy atom. The Morgan fingerprint density at radius 3 is 2.57 bits per heavy atom. The molecule has 2 aromatic rings. The predicted molar refractivity (Wildman–Crippen MR) is 92.4 cm³/mol. The maximum absolute atomic E-state index is 12.3. The van der Waals surface area contributed by atoms with Crippen LogP contribution in [0.25, 0.3) is 0 Å². The van der Waals surface area contributed by atoms with E-state index in [1.54, 1.807) is 44.6 Å². The number of carbonyl (C=O) groups is 1. The number of hydrogen-bond donors (Lipinski definition) is 0. The summed E-state index contributed by atoms with van der Waals surface area (Å²) in [6.07, 6.45) is 0.0709. The van der Waals surface area contributed by atoms with Crippen molar-refractivity contribution in [2.45, 2.75) is 17.6 Å². The quantitative estimate of drug-likeness (QED) is 0.553. The summed E-state index contributed by atoms with van der Waals surface area (Å²) in [5.74, 6) is 0. The van der Waals surface area contributed by atoms with Crippen LogP contribution in [0.3, 0.4) is 0 Å². The smallest absolute Gasteiger partial charge is 0.242 e. The molecule has 0 saturated heterocycles. The van der Waals surface area contributed by atoms with Gasteiger partial charge in [0.1, 0.15) is 5.69 Å². The average molecular weight is 372 g/mol. The van der Waals surface area contributed by atoms with Crippen LogP contribution in [0.5, 0.6) is 0 Å². The molecule has 7 heteroatoms. The zero-order valence-corrected chi connectivity index (χ0v) is 14.9.